The minimum atomic E-state index is -0.203. The maximum atomic E-state index is 13.2. The van der Waals surface area contributed by atoms with Crippen LogP contribution in [0.15, 0.2) is 48.5 Å². The van der Waals surface area contributed by atoms with Crippen molar-refractivity contribution in [2.75, 3.05) is 6.61 Å². The van der Waals surface area contributed by atoms with Gasteiger partial charge in [0.05, 0.1) is 6.61 Å². The summed E-state index contributed by atoms with van der Waals surface area (Å²) in [6.45, 7) is 5.34. The van der Waals surface area contributed by atoms with E-state index in [1.165, 1.54) is 6.07 Å². The Morgan fingerprint density at radius 2 is 1.95 bits per heavy atom. The largest absolute Gasteiger partial charge is 0.494 e. The molecule has 0 radical (unpaired) electrons. The van der Waals surface area contributed by atoms with Gasteiger partial charge in [-0.2, -0.15) is 0 Å². The molecule has 0 heterocycles. The van der Waals surface area contributed by atoms with Gasteiger partial charge in [0.1, 0.15) is 11.6 Å². The number of hydrogen-bond donors (Lipinski definition) is 1. The molecule has 20 heavy (non-hydrogen) atoms. The molecule has 0 aliphatic heterocycles. The molecule has 0 aromatic heterocycles. The maximum absolute atomic E-state index is 13.2. The molecule has 0 saturated carbocycles. The van der Waals surface area contributed by atoms with Gasteiger partial charge < -0.3 is 10.1 Å². The standard InChI is InChI=1S/C17H20FNO/c1-3-20-17-10-5-4-7-15(17)12-19-13(2)14-8-6-9-16(18)11-14/h4-11,13,19H,3,12H2,1-2H3/t13-/m1/s1. The first-order valence-electron chi connectivity index (χ1n) is 6.90. The quantitative estimate of drug-likeness (QED) is 0.856. The van der Waals surface area contributed by atoms with Gasteiger partial charge >= 0.3 is 0 Å². The summed E-state index contributed by atoms with van der Waals surface area (Å²) in [6.07, 6.45) is 0. The minimum Gasteiger partial charge on any atom is -0.494 e. The summed E-state index contributed by atoms with van der Waals surface area (Å²) in [5.41, 5.74) is 2.05. The second kappa shape index (κ2) is 7.06. The number of halogens is 1. The van der Waals surface area contributed by atoms with Crippen LogP contribution in [0.5, 0.6) is 5.75 Å². The van der Waals surface area contributed by atoms with Crippen molar-refractivity contribution in [1.82, 2.24) is 5.32 Å². The second-order valence-electron chi connectivity index (χ2n) is 4.70. The highest BCUT2D eigenvalue weighted by Crippen LogP contribution is 2.20. The monoisotopic (exact) mass is 273 g/mol. The van der Waals surface area contributed by atoms with Gasteiger partial charge in [-0.15, -0.1) is 0 Å². The third-order valence-electron chi connectivity index (χ3n) is 3.22. The summed E-state index contributed by atoms with van der Waals surface area (Å²) < 4.78 is 18.8. The molecule has 2 nitrogen and oxygen atoms in total. The molecule has 3 heteroatoms. The fourth-order valence-corrected chi connectivity index (χ4v) is 2.10. The fraction of sp³-hybridized carbons (Fsp3) is 0.294. The predicted molar refractivity (Wildman–Crippen MR) is 79.3 cm³/mol. The Balaban J connectivity index is 2.01. The van der Waals surface area contributed by atoms with Gasteiger partial charge in [0.15, 0.2) is 0 Å². The summed E-state index contributed by atoms with van der Waals surface area (Å²) in [5, 5.41) is 3.39. The molecule has 1 N–H and O–H groups in total. The first-order chi connectivity index (χ1) is 9.70. The highest BCUT2D eigenvalue weighted by molar-refractivity contribution is 5.33. The number of para-hydroxylation sites is 1. The first kappa shape index (κ1) is 14.5. The van der Waals surface area contributed by atoms with E-state index < -0.39 is 0 Å². The van der Waals surface area contributed by atoms with Gasteiger partial charge in [-0.1, -0.05) is 30.3 Å². The zero-order chi connectivity index (χ0) is 14.4. The molecule has 2 rings (SSSR count). The van der Waals surface area contributed by atoms with Crippen molar-refractivity contribution in [2.24, 2.45) is 0 Å². The van der Waals surface area contributed by atoms with E-state index in [-0.39, 0.29) is 11.9 Å². The number of rotatable bonds is 6. The lowest BCUT2D eigenvalue weighted by molar-refractivity contribution is 0.335. The zero-order valence-corrected chi connectivity index (χ0v) is 11.9. The Labute approximate surface area is 119 Å². The van der Waals surface area contributed by atoms with E-state index in [0.717, 1.165) is 16.9 Å². The molecule has 0 bridgehead atoms. The molecule has 2 aromatic carbocycles. The number of hydrogen-bond acceptors (Lipinski definition) is 2. The molecule has 0 spiro atoms. The predicted octanol–water partition coefficient (Wildman–Crippen LogP) is 4.08. The van der Waals surface area contributed by atoms with E-state index >= 15 is 0 Å². The van der Waals surface area contributed by atoms with Crippen molar-refractivity contribution in [2.45, 2.75) is 26.4 Å². The molecular formula is C17H20FNO. The lowest BCUT2D eigenvalue weighted by Crippen LogP contribution is -2.18. The maximum Gasteiger partial charge on any atom is 0.123 e. The highest BCUT2D eigenvalue weighted by Gasteiger charge is 2.08. The molecule has 0 aliphatic carbocycles. The lowest BCUT2D eigenvalue weighted by Gasteiger charge is -2.16. The Morgan fingerprint density at radius 3 is 2.70 bits per heavy atom. The van der Waals surface area contributed by atoms with Crippen LogP contribution in [0.25, 0.3) is 0 Å². The molecule has 0 saturated heterocycles. The van der Waals surface area contributed by atoms with Crippen molar-refractivity contribution in [3.63, 3.8) is 0 Å². The summed E-state index contributed by atoms with van der Waals surface area (Å²) >= 11 is 0. The van der Waals surface area contributed by atoms with Crippen LogP contribution in [0.2, 0.25) is 0 Å². The molecule has 106 valence electrons. The third-order valence-corrected chi connectivity index (χ3v) is 3.22. The molecule has 0 amide bonds. The van der Waals surface area contributed by atoms with Crippen molar-refractivity contribution in [3.8, 4) is 5.75 Å². The zero-order valence-electron chi connectivity index (χ0n) is 11.9. The first-order valence-corrected chi connectivity index (χ1v) is 6.90. The van der Waals surface area contributed by atoms with Gasteiger partial charge in [-0.3, -0.25) is 0 Å². The van der Waals surface area contributed by atoms with Crippen molar-refractivity contribution < 1.29 is 9.13 Å². The molecule has 1 atom stereocenters. The smallest absolute Gasteiger partial charge is 0.123 e. The summed E-state index contributed by atoms with van der Waals surface area (Å²) in [7, 11) is 0. The van der Waals surface area contributed by atoms with Crippen LogP contribution in [0.1, 0.15) is 31.0 Å². The van der Waals surface area contributed by atoms with Crippen LogP contribution in [0.4, 0.5) is 4.39 Å². The van der Waals surface area contributed by atoms with Crippen molar-refractivity contribution >= 4 is 0 Å². The SMILES string of the molecule is CCOc1ccccc1CN[C@H](C)c1cccc(F)c1. The highest BCUT2D eigenvalue weighted by atomic mass is 19.1. The fourth-order valence-electron chi connectivity index (χ4n) is 2.10. The van der Waals surface area contributed by atoms with Gasteiger partial charge in [0.25, 0.3) is 0 Å². The molecule has 0 unspecified atom stereocenters. The molecule has 0 fully saturated rings. The van der Waals surface area contributed by atoms with Crippen LogP contribution in [-0.2, 0) is 6.54 Å². The van der Waals surface area contributed by atoms with E-state index in [1.54, 1.807) is 12.1 Å². The average Bonchev–Trinajstić information content (AvgIpc) is 2.46. The third kappa shape index (κ3) is 3.81. The van der Waals surface area contributed by atoms with Crippen LogP contribution >= 0.6 is 0 Å². The normalized spacial score (nSPS) is 12.2. The van der Waals surface area contributed by atoms with Gasteiger partial charge in [0, 0.05) is 18.2 Å². The Kier molecular flexibility index (Phi) is 5.13. The van der Waals surface area contributed by atoms with Crippen molar-refractivity contribution in [3.05, 3.63) is 65.5 Å². The lowest BCUT2D eigenvalue weighted by atomic mass is 10.1. The van der Waals surface area contributed by atoms with Crippen LogP contribution < -0.4 is 10.1 Å². The van der Waals surface area contributed by atoms with E-state index in [2.05, 4.69) is 5.32 Å². The van der Waals surface area contributed by atoms with E-state index in [1.807, 2.05) is 44.2 Å². The number of ether oxygens (including phenoxy) is 1. The van der Waals surface area contributed by atoms with E-state index in [9.17, 15) is 4.39 Å². The summed E-state index contributed by atoms with van der Waals surface area (Å²) in [6, 6.07) is 14.7. The summed E-state index contributed by atoms with van der Waals surface area (Å²) in [4.78, 5) is 0. The minimum absolute atomic E-state index is 0.0837. The second-order valence-corrected chi connectivity index (χ2v) is 4.70. The Hall–Kier alpha value is -1.87. The van der Waals surface area contributed by atoms with Gasteiger partial charge in [-0.25, -0.2) is 4.39 Å². The van der Waals surface area contributed by atoms with Crippen LogP contribution in [-0.4, -0.2) is 6.61 Å². The van der Waals surface area contributed by atoms with Crippen LogP contribution in [0.3, 0.4) is 0 Å². The van der Waals surface area contributed by atoms with Crippen LogP contribution in [0, 0.1) is 5.82 Å². The topological polar surface area (TPSA) is 21.3 Å². The van der Waals surface area contributed by atoms with Gasteiger partial charge in [0.2, 0.25) is 0 Å². The summed E-state index contributed by atoms with van der Waals surface area (Å²) in [5.74, 6) is 0.694. The Morgan fingerprint density at radius 1 is 1.15 bits per heavy atom. The number of nitrogens with one attached hydrogen (secondary N) is 1. The van der Waals surface area contributed by atoms with E-state index in [4.69, 9.17) is 4.74 Å². The molecular weight excluding hydrogens is 253 g/mol. The Bertz CT molecular complexity index is 556. The molecule has 2 aromatic rings. The van der Waals surface area contributed by atoms with Crippen molar-refractivity contribution in [1.29, 1.82) is 0 Å². The molecule has 0 aliphatic rings. The van der Waals surface area contributed by atoms with Gasteiger partial charge in [-0.05, 0) is 37.6 Å². The number of benzene rings is 2. The van der Waals surface area contributed by atoms with E-state index in [0.29, 0.717) is 13.2 Å². The average molecular weight is 273 g/mol.